The second kappa shape index (κ2) is 8.80. The third-order valence-electron chi connectivity index (χ3n) is 11.5. The van der Waals surface area contributed by atoms with E-state index in [1.54, 1.807) is 11.0 Å². The summed E-state index contributed by atoms with van der Waals surface area (Å²) in [6.07, 6.45) is 14.3. The maximum absolute atomic E-state index is 2.88. The summed E-state index contributed by atoms with van der Waals surface area (Å²) in [5, 5.41) is 0. The highest BCUT2D eigenvalue weighted by Crippen LogP contribution is 2.62. The van der Waals surface area contributed by atoms with Crippen molar-refractivity contribution in [2.24, 2.45) is 0 Å². The zero-order chi connectivity index (χ0) is 28.2. The molecule has 0 amide bonds. The molecule has 3 heteroatoms. The van der Waals surface area contributed by atoms with Gasteiger partial charge in [-0.15, -0.1) is 0 Å². The smallest absolute Gasteiger partial charge is 0.249 e. The van der Waals surface area contributed by atoms with Gasteiger partial charge in [-0.05, 0) is 84.3 Å². The first kappa shape index (κ1) is 25.1. The summed E-state index contributed by atoms with van der Waals surface area (Å²) in [7, 11) is 0. The van der Waals surface area contributed by atoms with Gasteiger partial charge in [-0.2, -0.15) is 0 Å². The van der Waals surface area contributed by atoms with Crippen molar-refractivity contribution in [3.63, 3.8) is 0 Å². The fraction of sp³-hybridized carbons (Fsp3) is 0.282. The molecule has 0 bridgehead atoms. The average Bonchev–Trinajstić information content (AvgIpc) is 3.24. The predicted octanol–water partition coefficient (Wildman–Crippen LogP) is 8.43. The molecule has 1 nitrogen and oxygen atoms in total. The van der Waals surface area contributed by atoms with E-state index >= 15 is 0 Å². The molecule has 3 heterocycles. The Hall–Kier alpha value is -3.43. The van der Waals surface area contributed by atoms with Crippen molar-refractivity contribution in [2.75, 3.05) is 4.90 Å². The molecule has 0 N–H and O–H groups in total. The Balaban J connectivity index is 1.47. The van der Waals surface area contributed by atoms with E-state index in [0.29, 0.717) is 0 Å². The van der Waals surface area contributed by atoms with Gasteiger partial charge in [0.2, 0.25) is 6.71 Å². The summed E-state index contributed by atoms with van der Waals surface area (Å²) in [5.74, 6) is 0. The van der Waals surface area contributed by atoms with E-state index in [0.717, 1.165) is 12.8 Å². The average molecular weight is 562 g/mol. The number of allylic oxidation sites excluding steroid dienone is 4. The lowest BCUT2D eigenvalue weighted by molar-refractivity contribution is 0.195. The molecule has 1 fully saturated rings. The zero-order valence-electron chi connectivity index (χ0n) is 24.8. The zero-order valence-corrected chi connectivity index (χ0v) is 25.7. The molecule has 2 unspecified atom stereocenters. The highest BCUT2D eigenvalue weighted by Gasteiger charge is 2.61. The number of para-hydroxylation sites is 1. The van der Waals surface area contributed by atoms with Crippen molar-refractivity contribution in [3.05, 3.63) is 108 Å². The summed E-state index contributed by atoms with van der Waals surface area (Å²) in [6, 6.07) is 28.2. The first-order valence-electron chi connectivity index (χ1n) is 15.8. The molecule has 0 spiro atoms. The summed E-state index contributed by atoms with van der Waals surface area (Å²) >= 11 is 2.04. The van der Waals surface area contributed by atoms with Crippen LogP contribution >= 0.6 is 11.8 Å². The van der Waals surface area contributed by atoms with Crippen molar-refractivity contribution >= 4 is 51.8 Å². The monoisotopic (exact) mass is 561 g/mol. The van der Waals surface area contributed by atoms with Crippen molar-refractivity contribution in [2.45, 2.75) is 80.0 Å². The minimum Gasteiger partial charge on any atom is -0.335 e. The van der Waals surface area contributed by atoms with Crippen LogP contribution in [0.1, 0.15) is 69.1 Å². The molecule has 0 saturated heterocycles. The van der Waals surface area contributed by atoms with Crippen LogP contribution in [-0.4, -0.2) is 12.3 Å². The quantitative estimate of drug-likeness (QED) is 0.199. The molecule has 1 saturated carbocycles. The van der Waals surface area contributed by atoms with Crippen molar-refractivity contribution in [3.8, 4) is 11.1 Å². The van der Waals surface area contributed by atoms with Crippen LogP contribution < -0.4 is 21.3 Å². The highest BCUT2D eigenvalue weighted by atomic mass is 32.2. The lowest BCUT2D eigenvalue weighted by Crippen LogP contribution is -2.64. The Morgan fingerprint density at radius 3 is 2.45 bits per heavy atom. The number of nitrogens with zero attached hydrogens (tertiary/aromatic N) is 1. The van der Waals surface area contributed by atoms with Gasteiger partial charge < -0.3 is 4.90 Å². The second-order valence-corrected chi connectivity index (χ2v) is 14.5. The van der Waals surface area contributed by atoms with Crippen LogP contribution in [0.5, 0.6) is 0 Å². The van der Waals surface area contributed by atoms with Crippen LogP contribution in [0.3, 0.4) is 0 Å². The van der Waals surface area contributed by atoms with Gasteiger partial charge in [0.15, 0.2) is 0 Å². The van der Waals surface area contributed by atoms with Crippen LogP contribution in [0.25, 0.3) is 16.7 Å². The molecule has 0 radical (unpaired) electrons. The van der Waals surface area contributed by atoms with E-state index in [9.17, 15) is 0 Å². The fourth-order valence-electron chi connectivity index (χ4n) is 9.19. The fourth-order valence-corrected chi connectivity index (χ4v) is 10.6. The van der Waals surface area contributed by atoms with Gasteiger partial charge >= 0.3 is 0 Å². The minimum atomic E-state index is 0.0395. The van der Waals surface area contributed by atoms with Crippen molar-refractivity contribution in [1.82, 2.24) is 0 Å². The second-order valence-electron chi connectivity index (χ2n) is 13.5. The van der Waals surface area contributed by atoms with E-state index in [1.165, 1.54) is 85.6 Å². The lowest BCUT2D eigenvalue weighted by atomic mass is 9.34. The number of hydrogen-bond acceptors (Lipinski definition) is 2. The molecule has 4 aromatic rings. The number of benzene rings is 4. The lowest BCUT2D eigenvalue weighted by Gasteiger charge is -2.53. The topological polar surface area (TPSA) is 3.24 Å². The molecule has 4 aromatic carbocycles. The number of aryl methyl sites for hydroxylation is 1. The van der Waals surface area contributed by atoms with Crippen LogP contribution in [0.2, 0.25) is 0 Å². The van der Waals surface area contributed by atoms with Crippen molar-refractivity contribution < 1.29 is 0 Å². The Morgan fingerprint density at radius 2 is 1.62 bits per heavy atom. The van der Waals surface area contributed by atoms with Crippen LogP contribution in [-0.2, 0) is 5.41 Å². The Morgan fingerprint density at radius 1 is 0.810 bits per heavy atom. The largest absolute Gasteiger partial charge is 0.335 e. The summed E-state index contributed by atoms with van der Waals surface area (Å²) in [4.78, 5) is 5.83. The summed E-state index contributed by atoms with van der Waals surface area (Å²) in [5.41, 5.74) is 16.3. The third-order valence-corrected chi connectivity index (χ3v) is 12.9. The van der Waals surface area contributed by atoms with Gasteiger partial charge in [-0.25, -0.2) is 0 Å². The molecule has 0 aromatic heterocycles. The van der Waals surface area contributed by atoms with Gasteiger partial charge in [-0.3, -0.25) is 0 Å². The SMILES string of the molecule is Cc1cccc2c1Sc1c(C3=CC=CCC3)cc(-c3ccccc3)c3c1B2c1cccc2c1N3C1(C)CCCCC21C. The number of anilines is 2. The van der Waals surface area contributed by atoms with E-state index in [4.69, 9.17) is 0 Å². The standard InChI is InChI=1S/C39H36BNS/c1-25-14-12-21-32-36(25)42-37-29(27-17-8-5-9-18-27)24-28(26-15-6-4-7-16-26)34-33(37)40(32)31-20-13-19-30-35(31)41(34)39(3)23-11-10-22-38(30,39)2/h4-8,12-17,19-21,24H,9-11,18,22-23H2,1-3H3. The highest BCUT2D eigenvalue weighted by molar-refractivity contribution is 8.00. The van der Waals surface area contributed by atoms with E-state index < -0.39 is 0 Å². The molecule has 2 atom stereocenters. The van der Waals surface area contributed by atoms with Crippen LogP contribution in [0, 0.1) is 6.92 Å². The van der Waals surface area contributed by atoms with E-state index in [-0.39, 0.29) is 17.7 Å². The van der Waals surface area contributed by atoms with Crippen molar-refractivity contribution in [1.29, 1.82) is 0 Å². The van der Waals surface area contributed by atoms with Gasteiger partial charge in [0, 0.05) is 32.1 Å². The van der Waals surface area contributed by atoms with Gasteiger partial charge in [-0.1, -0.05) is 122 Å². The molecule has 3 aliphatic heterocycles. The predicted molar refractivity (Wildman–Crippen MR) is 181 cm³/mol. The Labute approximate surface area is 254 Å². The molecule has 2 aliphatic carbocycles. The van der Waals surface area contributed by atoms with Crippen LogP contribution in [0.15, 0.2) is 101 Å². The number of hydrogen-bond donors (Lipinski definition) is 0. The third kappa shape index (κ3) is 3.08. The summed E-state index contributed by atoms with van der Waals surface area (Å²) < 4.78 is 0. The van der Waals surface area contributed by atoms with Gasteiger partial charge in [0.1, 0.15) is 0 Å². The number of fused-ring (bicyclic) bond motifs is 7. The molecule has 42 heavy (non-hydrogen) atoms. The van der Waals surface area contributed by atoms with E-state index in [1.807, 2.05) is 11.8 Å². The first-order chi connectivity index (χ1) is 20.5. The minimum absolute atomic E-state index is 0.0395. The number of rotatable bonds is 2. The molecular weight excluding hydrogens is 525 g/mol. The van der Waals surface area contributed by atoms with Gasteiger partial charge in [0.05, 0.1) is 5.54 Å². The maximum Gasteiger partial charge on any atom is 0.249 e. The molecular formula is C39H36BNS. The maximum atomic E-state index is 2.88. The van der Waals surface area contributed by atoms with Gasteiger partial charge in [0.25, 0.3) is 0 Å². The van der Waals surface area contributed by atoms with E-state index in [2.05, 4.69) is 117 Å². The molecule has 5 aliphatic rings. The Bertz CT molecular complexity index is 1870. The molecule has 9 rings (SSSR count). The van der Waals surface area contributed by atoms with Crippen LogP contribution in [0.4, 0.5) is 11.4 Å². The summed E-state index contributed by atoms with van der Waals surface area (Å²) in [6.45, 7) is 7.72. The Kier molecular flexibility index (Phi) is 5.26. The first-order valence-corrected chi connectivity index (χ1v) is 16.7. The molecule has 206 valence electrons. The normalized spacial score (nSPS) is 24.5.